The molecule has 3 unspecified atom stereocenters. The molecule has 1 heterocycles. The van der Waals surface area contributed by atoms with E-state index in [1.165, 1.54) is 37.8 Å². The van der Waals surface area contributed by atoms with Crippen molar-refractivity contribution in [2.45, 2.75) is 39.0 Å². The first kappa shape index (κ1) is 22.9. The molecule has 0 radical (unpaired) electrons. The van der Waals surface area contributed by atoms with Gasteiger partial charge in [-0.05, 0) is 55.7 Å². The number of carbonyl (C=O) groups is 1. The normalized spacial score (nSPS) is 22.9. The molecular weight excluding hydrogens is 470 g/mol. The van der Waals surface area contributed by atoms with Crippen LogP contribution in [0.15, 0.2) is 29.3 Å². The SMILES string of the molecule is CCNC(=NCC(Cc1ccc(F)cc1)C(N)=O)N1CC2CCCCC2C1.I. The molecule has 1 saturated carbocycles. The second kappa shape index (κ2) is 11.0. The minimum atomic E-state index is -0.394. The van der Waals surface area contributed by atoms with Crippen molar-refractivity contribution < 1.29 is 9.18 Å². The minimum absolute atomic E-state index is 0. The zero-order valence-corrected chi connectivity index (χ0v) is 18.9. The van der Waals surface area contributed by atoms with E-state index >= 15 is 0 Å². The highest BCUT2D eigenvalue weighted by molar-refractivity contribution is 14.0. The molecule has 28 heavy (non-hydrogen) atoms. The lowest BCUT2D eigenvalue weighted by Gasteiger charge is -2.22. The van der Waals surface area contributed by atoms with Gasteiger partial charge in [-0.15, -0.1) is 24.0 Å². The summed E-state index contributed by atoms with van der Waals surface area (Å²) in [5.41, 5.74) is 6.50. The number of carbonyl (C=O) groups excluding carboxylic acids is 1. The van der Waals surface area contributed by atoms with Gasteiger partial charge in [-0.2, -0.15) is 0 Å². The Hall–Kier alpha value is -1.38. The van der Waals surface area contributed by atoms with Gasteiger partial charge in [0.25, 0.3) is 0 Å². The van der Waals surface area contributed by atoms with Crippen molar-refractivity contribution in [1.29, 1.82) is 0 Å². The number of primary amides is 1. The van der Waals surface area contributed by atoms with Crippen LogP contribution in [0.3, 0.4) is 0 Å². The lowest BCUT2D eigenvalue weighted by molar-refractivity contribution is -0.121. The molecule has 2 aliphatic rings. The van der Waals surface area contributed by atoms with Crippen molar-refractivity contribution in [3.05, 3.63) is 35.6 Å². The van der Waals surface area contributed by atoms with Crippen LogP contribution < -0.4 is 11.1 Å². The predicted octanol–water partition coefficient (Wildman–Crippen LogP) is 3.18. The molecule has 0 spiro atoms. The van der Waals surface area contributed by atoms with E-state index in [0.29, 0.717) is 13.0 Å². The predicted molar refractivity (Wildman–Crippen MR) is 121 cm³/mol. The largest absolute Gasteiger partial charge is 0.369 e. The third kappa shape index (κ3) is 6.06. The molecule has 1 aliphatic heterocycles. The first-order valence-electron chi connectivity index (χ1n) is 10.1. The Kier molecular flexibility index (Phi) is 8.98. The van der Waals surface area contributed by atoms with Gasteiger partial charge >= 0.3 is 0 Å². The average molecular weight is 502 g/mol. The van der Waals surface area contributed by atoms with Crippen molar-refractivity contribution in [2.75, 3.05) is 26.2 Å². The first-order valence-corrected chi connectivity index (χ1v) is 10.1. The van der Waals surface area contributed by atoms with E-state index in [2.05, 4.69) is 17.1 Å². The molecule has 0 aromatic heterocycles. The zero-order valence-electron chi connectivity index (χ0n) is 16.6. The Morgan fingerprint density at radius 1 is 1.25 bits per heavy atom. The van der Waals surface area contributed by atoms with Crippen molar-refractivity contribution in [1.82, 2.24) is 10.2 Å². The Balaban J connectivity index is 0.00000280. The molecule has 7 heteroatoms. The van der Waals surface area contributed by atoms with Crippen LogP contribution >= 0.6 is 24.0 Å². The monoisotopic (exact) mass is 502 g/mol. The van der Waals surface area contributed by atoms with Crippen molar-refractivity contribution in [2.24, 2.45) is 28.5 Å². The molecular formula is C21H32FIN4O. The summed E-state index contributed by atoms with van der Waals surface area (Å²) < 4.78 is 13.1. The molecule has 1 saturated heterocycles. The number of amides is 1. The maximum Gasteiger partial charge on any atom is 0.222 e. The number of hydrogen-bond acceptors (Lipinski definition) is 2. The Labute approximate surface area is 184 Å². The lowest BCUT2D eigenvalue weighted by Crippen LogP contribution is -2.41. The summed E-state index contributed by atoms with van der Waals surface area (Å²) in [4.78, 5) is 19.0. The molecule has 3 rings (SSSR count). The van der Waals surface area contributed by atoms with Gasteiger partial charge in [0.2, 0.25) is 5.91 Å². The van der Waals surface area contributed by atoms with E-state index in [4.69, 9.17) is 10.7 Å². The minimum Gasteiger partial charge on any atom is -0.369 e. The quantitative estimate of drug-likeness (QED) is 0.357. The summed E-state index contributed by atoms with van der Waals surface area (Å²) in [6.07, 6.45) is 5.78. The summed E-state index contributed by atoms with van der Waals surface area (Å²) in [5, 5.41) is 3.37. The van der Waals surface area contributed by atoms with E-state index in [9.17, 15) is 9.18 Å². The topological polar surface area (TPSA) is 70.7 Å². The van der Waals surface area contributed by atoms with Gasteiger partial charge in [-0.1, -0.05) is 25.0 Å². The van der Waals surface area contributed by atoms with Crippen LogP contribution in [-0.2, 0) is 11.2 Å². The van der Waals surface area contributed by atoms with Gasteiger partial charge in [0.15, 0.2) is 5.96 Å². The third-order valence-electron chi connectivity index (χ3n) is 5.87. The molecule has 1 aromatic rings. The van der Waals surface area contributed by atoms with Crippen molar-refractivity contribution in [3.8, 4) is 0 Å². The van der Waals surface area contributed by atoms with E-state index in [1.807, 2.05) is 0 Å². The molecule has 3 atom stereocenters. The van der Waals surface area contributed by atoms with E-state index in [1.54, 1.807) is 12.1 Å². The molecule has 3 N–H and O–H groups in total. The molecule has 1 aromatic carbocycles. The Morgan fingerprint density at radius 2 is 1.86 bits per heavy atom. The highest BCUT2D eigenvalue weighted by atomic mass is 127. The summed E-state index contributed by atoms with van der Waals surface area (Å²) in [6, 6.07) is 6.22. The lowest BCUT2D eigenvalue weighted by atomic mass is 9.82. The summed E-state index contributed by atoms with van der Waals surface area (Å²) in [5.74, 6) is 1.39. The maximum absolute atomic E-state index is 13.1. The highest BCUT2D eigenvalue weighted by Gasteiger charge is 2.35. The number of hydrogen-bond donors (Lipinski definition) is 2. The number of aliphatic imine (C=N–C) groups is 1. The number of guanidine groups is 1. The van der Waals surface area contributed by atoms with Crippen LogP contribution in [0.1, 0.15) is 38.2 Å². The molecule has 0 bridgehead atoms. The van der Waals surface area contributed by atoms with Crippen LogP contribution in [0, 0.1) is 23.6 Å². The second-order valence-electron chi connectivity index (χ2n) is 7.83. The molecule has 156 valence electrons. The van der Waals surface area contributed by atoms with Gasteiger partial charge in [0.05, 0.1) is 12.5 Å². The van der Waals surface area contributed by atoms with E-state index in [-0.39, 0.29) is 35.7 Å². The molecule has 1 amide bonds. The van der Waals surface area contributed by atoms with Crippen LogP contribution in [-0.4, -0.2) is 42.9 Å². The van der Waals surface area contributed by atoms with Gasteiger partial charge in [-0.25, -0.2) is 4.39 Å². The van der Waals surface area contributed by atoms with Crippen LogP contribution in [0.4, 0.5) is 4.39 Å². The van der Waals surface area contributed by atoms with Crippen molar-refractivity contribution in [3.63, 3.8) is 0 Å². The van der Waals surface area contributed by atoms with E-state index in [0.717, 1.165) is 43.0 Å². The summed E-state index contributed by atoms with van der Waals surface area (Å²) >= 11 is 0. The number of rotatable bonds is 6. The molecule has 1 aliphatic carbocycles. The fraction of sp³-hybridized carbons (Fsp3) is 0.619. The summed E-state index contributed by atoms with van der Waals surface area (Å²) in [7, 11) is 0. The van der Waals surface area contributed by atoms with E-state index < -0.39 is 5.92 Å². The number of fused-ring (bicyclic) bond motifs is 1. The molecule has 5 nitrogen and oxygen atoms in total. The van der Waals surface area contributed by atoms with Crippen LogP contribution in [0.5, 0.6) is 0 Å². The number of nitrogens with one attached hydrogen (secondary N) is 1. The van der Waals surface area contributed by atoms with Gasteiger partial charge in [0, 0.05) is 19.6 Å². The first-order chi connectivity index (χ1) is 13.1. The second-order valence-corrected chi connectivity index (χ2v) is 7.83. The number of likely N-dealkylation sites (tertiary alicyclic amines) is 1. The van der Waals surface area contributed by atoms with Gasteiger partial charge in [-0.3, -0.25) is 9.79 Å². The van der Waals surface area contributed by atoms with Gasteiger partial charge < -0.3 is 16.0 Å². The van der Waals surface area contributed by atoms with Gasteiger partial charge in [0.1, 0.15) is 5.82 Å². The Morgan fingerprint density at radius 3 is 2.39 bits per heavy atom. The third-order valence-corrected chi connectivity index (χ3v) is 5.87. The standard InChI is InChI=1S/C21H31FN4O.HI/c1-2-24-21(26-13-16-5-3-4-6-17(16)14-26)25-12-18(20(23)27)11-15-7-9-19(22)10-8-15;/h7-10,16-18H,2-6,11-14H2,1H3,(H2,23,27)(H,24,25);1H. The molecule has 2 fully saturated rings. The van der Waals surface area contributed by atoms with Crippen LogP contribution in [0.25, 0.3) is 0 Å². The number of halogens is 2. The smallest absolute Gasteiger partial charge is 0.222 e. The zero-order chi connectivity index (χ0) is 19.2. The van der Waals surface area contributed by atoms with Crippen molar-refractivity contribution >= 4 is 35.8 Å². The highest BCUT2D eigenvalue weighted by Crippen LogP contribution is 2.35. The number of nitrogens with zero attached hydrogens (tertiary/aromatic N) is 2. The summed E-state index contributed by atoms with van der Waals surface area (Å²) in [6.45, 7) is 5.30. The number of benzene rings is 1. The Bertz CT molecular complexity index is 653. The fourth-order valence-electron chi connectivity index (χ4n) is 4.36. The maximum atomic E-state index is 13.1. The fourth-order valence-corrected chi connectivity index (χ4v) is 4.36. The average Bonchev–Trinajstić information content (AvgIpc) is 3.09. The number of nitrogens with two attached hydrogens (primary N) is 1. The van der Waals surface area contributed by atoms with Crippen LogP contribution in [0.2, 0.25) is 0 Å².